The van der Waals surface area contributed by atoms with Crippen LogP contribution in [-0.2, 0) is 16.4 Å². The number of halogens is 4. The van der Waals surface area contributed by atoms with Gasteiger partial charge in [0.25, 0.3) is 0 Å². The molecule has 0 unspecified atom stereocenters. The monoisotopic (exact) mass is 356 g/mol. The zero-order valence-electron chi connectivity index (χ0n) is 12.3. The van der Waals surface area contributed by atoms with E-state index in [9.17, 15) is 26.0 Å². The van der Waals surface area contributed by atoms with E-state index < -0.39 is 21.3 Å². The van der Waals surface area contributed by atoms with Crippen molar-refractivity contribution in [2.45, 2.75) is 37.7 Å². The number of rotatable bonds is 4. The molecule has 2 rings (SSSR count). The topological polar surface area (TPSA) is 75.2 Å². The smallest absolute Gasteiger partial charge is 0.365 e. The van der Waals surface area contributed by atoms with Crippen LogP contribution in [0.2, 0.25) is 0 Å². The van der Waals surface area contributed by atoms with E-state index in [4.69, 9.17) is 0 Å². The Morgan fingerprint density at radius 2 is 1.91 bits per heavy atom. The summed E-state index contributed by atoms with van der Waals surface area (Å²) in [5.41, 5.74) is -5.07. The second kappa shape index (κ2) is 6.56. The number of aromatic nitrogens is 2. The van der Waals surface area contributed by atoms with Gasteiger partial charge in [0, 0.05) is 19.1 Å². The first-order chi connectivity index (χ1) is 10.7. The van der Waals surface area contributed by atoms with Crippen molar-refractivity contribution in [1.29, 1.82) is 0 Å². The van der Waals surface area contributed by atoms with Gasteiger partial charge in [0.2, 0.25) is 0 Å². The van der Waals surface area contributed by atoms with Gasteiger partial charge in [-0.3, -0.25) is 0 Å². The zero-order chi connectivity index (χ0) is 17.3. The third-order valence-corrected chi connectivity index (χ3v) is 5.25. The molecule has 1 fully saturated rings. The molecule has 0 aliphatic carbocycles. The maximum atomic E-state index is 14.0. The molecule has 0 spiro atoms. The van der Waals surface area contributed by atoms with Crippen LogP contribution in [0.25, 0.3) is 0 Å². The maximum absolute atomic E-state index is 14.0. The molecule has 1 aliphatic heterocycles. The Hall–Kier alpha value is -1.49. The first-order valence-corrected chi connectivity index (χ1v) is 8.43. The predicted molar refractivity (Wildman–Crippen MR) is 74.6 cm³/mol. The Morgan fingerprint density at radius 3 is 2.43 bits per heavy atom. The molecule has 0 aromatic carbocycles. The summed E-state index contributed by atoms with van der Waals surface area (Å²) in [6.45, 7) is 1.16. The third-order valence-electron chi connectivity index (χ3n) is 3.62. The van der Waals surface area contributed by atoms with E-state index >= 15 is 0 Å². The lowest BCUT2D eigenvalue weighted by atomic mass is 10.1. The van der Waals surface area contributed by atoms with Crippen LogP contribution in [0.4, 0.5) is 23.4 Å². The van der Waals surface area contributed by atoms with Crippen LogP contribution in [0.5, 0.6) is 0 Å². The average Bonchev–Trinajstić information content (AvgIpc) is 2.49. The first kappa shape index (κ1) is 17.9. The van der Waals surface area contributed by atoms with Gasteiger partial charge < -0.3 is 5.32 Å². The van der Waals surface area contributed by atoms with E-state index in [-0.39, 0.29) is 43.5 Å². The van der Waals surface area contributed by atoms with Crippen molar-refractivity contribution in [3.05, 3.63) is 17.8 Å². The van der Waals surface area contributed by atoms with Crippen LogP contribution in [0.15, 0.2) is 6.33 Å². The number of aryl methyl sites for hydroxylation is 1. The fraction of sp³-hybridized carbons (Fsp3) is 0.667. The number of hydrogen-bond donors (Lipinski definition) is 1. The second-order valence-electron chi connectivity index (χ2n) is 5.10. The van der Waals surface area contributed by atoms with Crippen molar-refractivity contribution in [1.82, 2.24) is 14.3 Å². The molecule has 0 bridgehead atoms. The van der Waals surface area contributed by atoms with Gasteiger partial charge in [0.05, 0.1) is 5.69 Å². The van der Waals surface area contributed by atoms with E-state index in [0.717, 1.165) is 0 Å². The second-order valence-corrected chi connectivity index (χ2v) is 7.03. The molecule has 23 heavy (non-hydrogen) atoms. The summed E-state index contributed by atoms with van der Waals surface area (Å²) in [6.07, 6.45) is 1.83. The van der Waals surface area contributed by atoms with Crippen LogP contribution in [0.3, 0.4) is 0 Å². The largest absolute Gasteiger partial charge is 0.511 e. The fourth-order valence-corrected chi connectivity index (χ4v) is 3.32. The summed E-state index contributed by atoms with van der Waals surface area (Å²) in [6, 6.07) is -0.358. The van der Waals surface area contributed by atoms with Gasteiger partial charge in [-0.1, -0.05) is 6.92 Å². The molecule has 11 heteroatoms. The Bertz CT molecular complexity index is 658. The van der Waals surface area contributed by atoms with Crippen molar-refractivity contribution < 1.29 is 26.0 Å². The minimum absolute atomic E-state index is 0.0195. The van der Waals surface area contributed by atoms with Gasteiger partial charge in [0.1, 0.15) is 6.33 Å². The molecule has 1 aromatic heterocycles. The molecule has 0 atom stereocenters. The molecule has 1 aliphatic rings. The predicted octanol–water partition coefficient (Wildman–Crippen LogP) is 1.90. The van der Waals surface area contributed by atoms with E-state index in [1.54, 1.807) is 6.92 Å². The van der Waals surface area contributed by atoms with Crippen molar-refractivity contribution in [2.24, 2.45) is 0 Å². The van der Waals surface area contributed by atoms with E-state index in [1.807, 2.05) is 0 Å². The molecule has 0 saturated carbocycles. The van der Waals surface area contributed by atoms with Crippen LogP contribution in [0, 0.1) is 5.82 Å². The van der Waals surface area contributed by atoms with E-state index in [2.05, 4.69) is 15.3 Å². The zero-order valence-corrected chi connectivity index (χ0v) is 13.1. The lowest BCUT2D eigenvalue weighted by Gasteiger charge is -2.32. The SMILES string of the molecule is CCc1ncnc(NC2CCN(S(=O)(=O)C(F)(F)F)CC2)c1F. The first-order valence-electron chi connectivity index (χ1n) is 6.99. The van der Waals surface area contributed by atoms with Gasteiger partial charge in [-0.25, -0.2) is 22.8 Å². The number of alkyl halides is 3. The van der Waals surface area contributed by atoms with Gasteiger partial charge in [0.15, 0.2) is 11.6 Å². The van der Waals surface area contributed by atoms with Crippen molar-refractivity contribution in [3.8, 4) is 0 Å². The Labute approximate surface area is 131 Å². The van der Waals surface area contributed by atoms with Crippen molar-refractivity contribution in [2.75, 3.05) is 18.4 Å². The molecule has 130 valence electrons. The van der Waals surface area contributed by atoms with Gasteiger partial charge >= 0.3 is 15.5 Å². The van der Waals surface area contributed by atoms with Crippen molar-refractivity contribution >= 4 is 15.8 Å². The molecule has 0 amide bonds. The third kappa shape index (κ3) is 3.71. The highest BCUT2D eigenvalue weighted by Crippen LogP contribution is 2.29. The van der Waals surface area contributed by atoms with Gasteiger partial charge in [-0.2, -0.15) is 17.5 Å². The number of anilines is 1. The standard InChI is InChI=1S/C12H16F4N4O2S/c1-2-9-10(13)11(18-7-17-9)19-8-3-5-20(6-4-8)23(21,22)12(14,15)16/h7-8H,2-6H2,1H3,(H,17,18,19). The van der Waals surface area contributed by atoms with Crippen LogP contribution in [-0.4, -0.2) is 47.3 Å². The minimum Gasteiger partial charge on any atom is -0.365 e. The summed E-state index contributed by atoms with van der Waals surface area (Å²) in [4.78, 5) is 7.56. The molecular weight excluding hydrogens is 340 g/mol. The highest BCUT2D eigenvalue weighted by molar-refractivity contribution is 7.90. The lowest BCUT2D eigenvalue weighted by molar-refractivity contribution is -0.0494. The van der Waals surface area contributed by atoms with E-state index in [0.29, 0.717) is 10.7 Å². The lowest BCUT2D eigenvalue weighted by Crippen LogP contribution is -2.47. The van der Waals surface area contributed by atoms with Crippen molar-refractivity contribution in [3.63, 3.8) is 0 Å². The van der Waals surface area contributed by atoms with Crippen LogP contribution < -0.4 is 5.32 Å². The summed E-state index contributed by atoms with van der Waals surface area (Å²) >= 11 is 0. The van der Waals surface area contributed by atoms with Gasteiger partial charge in [-0.15, -0.1) is 0 Å². The molecule has 1 N–H and O–H groups in total. The highest BCUT2D eigenvalue weighted by Gasteiger charge is 2.50. The minimum atomic E-state index is -5.31. The molecule has 6 nitrogen and oxygen atoms in total. The average molecular weight is 356 g/mol. The molecule has 1 saturated heterocycles. The summed E-state index contributed by atoms with van der Waals surface area (Å²) in [5.74, 6) is -0.616. The number of sulfonamides is 1. The molecule has 1 aromatic rings. The molecular formula is C12H16F4N4O2S. The molecule has 0 radical (unpaired) electrons. The fourth-order valence-electron chi connectivity index (χ4n) is 2.33. The normalized spacial score (nSPS) is 18.1. The van der Waals surface area contributed by atoms with E-state index in [1.165, 1.54) is 6.33 Å². The summed E-state index contributed by atoms with van der Waals surface area (Å²) in [7, 11) is -5.31. The number of piperidine rings is 1. The van der Waals surface area contributed by atoms with Gasteiger partial charge in [-0.05, 0) is 19.3 Å². The Kier molecular flexibility index (Phi) is 5.09. The summed E-state index contributed by atoms with van der Waals surface area (Å²) in [5, 5.41) is 2.81. The quantitative estimate of drug-likeness (QED) is 0.834. The molecule has 2 heterocycles. The van der Waals surface area contributed by atoms with Crippen LogP contribution in [0.1, 0.15) is 25.5 Å². The number of hydrogen-bond acceptors (Lipinski definition) is 5. The Balaban J connectivity index is 2.01. The summed E-state index contributed by atoms with van der Waals surface area (Å²) < 4.78 is 74.5. The highest BCUT2D eigenvalue weighted by atomic mass is 32.2. The maximum Gasteiger partial charge on any atom is 0.511 e. The number of nitrogens with zero attached hydrogens (tertiary/aromatic N) is 3. The van der Waals surface area contributed by atoms with Crippen LogP contribution >= 0.6 is 0 Å². The number of nitrogens with one attached hydrogen (secondary N) is 1. The Morgan fingerprint density at radius 1 is 1.30 bits per heavy atom.